The van der Waals surface area contributed by atoms with Crippen molar-refractivity contribution in [3.05, 3.63) is 48.7 Å². The van der Waals surface area contributed by atoms with E-state index < -0.39 is 0 Å². The lowest BCUT2D eigenvalue weighted by molar-refractivity contribution is 0.804. The van der Waals surface area contributed by atoms with Crippen LogP contribution in [0.3, 0.4) is 0 Å². The van der Waals surface area contributed by atoms with Gasteiger partial charge in [0, 0.05) is 7.05 Å². The molecular weight excluding hydrogens is 240 g/mol. The second kappa shape index (κ2) is 4.85. The van der Waals surface area contributed by atoms with Crippen LogP contribution in [0.4, 0.5) is 5.82 Å². The molecule has 3 rings (SSSR count). The lowest BCUT2D eigenvalue weighted by Gasteiger charge is -2.05. The zero-order chi connectivity index (χ0) is 13.1. The normalized spacial score (nSPS) is 10.4. The summed E-state index contributed by atoms with van der Waals surface area (Å²) < 4.78 is 1.74. The highest BCUT2D eigenvalue weighted by Crippen LogP contribution is 2.19. The molecule has 0 aliphatic carbocycles. The van der Waals surface area contributed by atoms with Crippen LogP contribution in [-0.2, 0) is 0 Å². The quantitative estimate of drug-likeness (QED) is 0.769. The summed E-state index contributed by atoms with van der Waals surface area (Å²) in [5.74, 6) is 0.725. The third-order valence-electron chi connectivity index (χ3n) is 2.73. The summed E-state index contributed by atoms with van der Waals surface area (Å²) in [6.07, 6.45) is 1.68. The van der Waals surface area contributed by atoms with Crippen molar-refractivity contribution in [1.29, 1.82) is 0 Å². The first kappa shape index (κ1) is 11.3. The van der Waals surface area contributed by atoms with Gasteiger partial charge >= 0.3 is 0 Å². The predicted molar refractivity (Wildman–Crippen MR) is 71.9 cm³/mol. The third-order valence-corrected chi connectivity index (χ3v) is 2.73. The molecule has 2 heterocycles. The summed E-state index contributed by atoms with van der Waals surface area (Å²) in [6.45, 7) is 0. The van der Waals surface area contributed by atoms with Crippen LogP contribution in [0.2, 0.25) is 0 Å². The van der Waals surface area contributed by atoms with Crippen LogP contribution >= 0.6 is 0 Å². The van der Waals surface area contributed by atoms with Crippen LogP contribution in [0.15, 0.2) is 48.7 Å². The molecule has 1 N–H and O–H groups in total. The average Bonchev–Trinajstić information content (AvgIpc) is 2.98. The summed E-state index contributed by atoms with van der Waals surface area (Å²) in [5, 5.41) is 19.2. The first-order valence-electron chi connectivity index (χ1n) is 5.86. The summed E-state index contributed by atoms with van der Waals surface area (Å²) >= 11 is 0. The van der Waals surface area contributed by atoms with Crippen LogP contribution in [0.25, 0.3) is 17.1 Å². The van der Waals surface area contributed by atoms with Gasteiger partial charge in [-0.15, -0.1) is 15.3 Å². The number of hydrogen-bond donors (Lipinski definition) is 1. The molecule has 0 aliphatic rings. The molecular formula is C13H12N6. The molecule has 0 saturated heterocycles. The van der Waals surface area contributed by atoms with Gasteiger partial charge in [0.25, 0.3) is 0 Å². The second-order valence-electron chi connectivity index (χ2n) is 3.92. The lowest BCUT2D eigenvalue weighted by Crippen LogP contribution is -2.01. The minimum atomic E-state index is 0.725. The summed E-state index contributed by atoms with van der Waals surface area (Å²) in [6, 6.07) is 13.6. The first-order valence-corrected chi connectivity index (χ1v) is 5.86. The van der Waals surface area contributed by atoms with Crippen molar-refractivity contribution < 1.29 is 0 Å². The molecule has 0 amide bonds. The van der Waals surface area contributed by atoms with Gasteiger partial charge in [-0.25, -0.2) is 4.68 Å². The maximum Gasteiger partial charge on any atom is 0.148 e. The van der Waals surface area contributed by atoms with Crippen LogP contribution in [0.1, 0.15) is 0 Å². The van der Waals surface area contributed by atoms with Crippen LogP contribution in [-0.4, -0.2) is 32.2 Å². The van der Waals surface area contributed by atoms with Crippen LogP contribution in [0, 0.1) is 0 Å². The van der Waals surface area contributed by atoms with Crippen molar-refractivity contribution in [2.75, 3.05) is 12.4 Å². The Balaban J connectivity index is 2.04. The summed E-state index contributed by atoms with van der Waals surface area (Å²) in [7, 11) is 1.81. The van der Waals surface area contributed by atoms with Crippen molar-refractivity contribution in [3.8, 4) is 17.1 Å². The highest BCUT2D eigenvalue weighted by atomic mass is 15.4. The van der Waals surface area contributed by atoms with Gasteiger partial charge in [-0.1, -0.05) is 23.4 Å². The third kappa shape index (κ3) is 2.15. The molecule has 6 nitrogen and oxygen atoms in total. The molecule has 0 spiro atoms. The van der Waals surface area contributed by atoms with E-state index in [0.29, 0.717) is 0 Å². The van der Waals surface area contributed by atoms with Gasteiger partial charge in [-0.3, -0.25) is 0 Å². The molecule has 1 aromatic carbocycles. The standard InChI is InChI=1S/C13H12N6/c1-14-13-8-7-11(16-17-13)12-9-15-18-19(12)10-5-3-2-4-6-10/h2-9H,1H3,(H,14,17). The Bertz CT molecular complexity index is 659. The molecule has 3 aromatic rings. The molecule has 94 valence electrons. The van der Waals surface area contributed by atoms with Gasteiger partial charge in [-0.05, 0) is 24.3 Å². The Hall–Kier alpha value is -2.76. The SMILES string of the molecule is CNc1ccc(-c2cnnn2-c2ccccc2)nn1. The molecule has 0 aliphatic heterocycles. The predicted octanol–water partition coefficient (Wildman–Crippen LogP) is 1.77. The zero-order valence-corrected chi connectivity index (χ0v) is 10.4. The fourth-order valence-electron chi connectivity index (χ4n) is 1.77. The van der Waals surface area contributed by atoms with Crippen molar-refractivity contribution >= 4 is 5.82 Å². The Morgan fingerprint density at radius 1 is 1.00 bits per heavy atom. The highest BCUT2D eigenvalue weighted by molar-refractivity contribution is 5.57. The number of rotatable bonds is 3. The number of nitrogens with one attached hydrogen (secondary N) is 1. The minimum Gasteiger partial charge on any atom is -0.372 e. The lowest BCUT2D eigenvalue weighted by atomic mass is 10.2. The van der Waals surface area contributed by atoms with E-state index in [1.165, 1.54) is 0 Å². The molecule has 2 aromatic heterocycles. The monoisotopic (exact) mass is 252 g/mol. The second-order valence-corrected chi connectivity index (χ2v) is 3.92. The Kier molecular flexibility index (Phi) is 2.89. The topological polar surface area (TPSA) is 68.5 Å². The van der Waals surface area contributed by atoms with Gasteiger partial charge in [0.05, 0.1) is 11.9 Å². The largest absolute Gasteiger partial charge is 0.372 e. The first-order chi connectivity index (χ1) is 9.38. The zero-order valence-electron chi connectivity index (χ0n) is 10.4. The molecule has 6 heteroatoms. The number of aromatic nitrogens is 5. The van der Waals surface area contributed by atoms with Crippen molar-refractivity contribution in [3.63, 3.8) is 0 Å². The number of anilines is 1. The van der Waals surface area contributed by atoms with Crippen molar-refractivity contribution in [2.45, 2.75) is 0 Å². The van der Waals surface area contributed by atoms with E-state index in [-0.39, 0.29) is 0 Å². The van der Waals surface area contributed by atoms with E-state index >= 15 is 0 Å². The van der Waals surface area contributed by atoms with Gasteiger partial charge in [-0.2, -0.15) is 0 Å². The fourth-order valence-corrected chi connectivity index (χ4v) is 1.77. The Morgan fingerprint density at radius 2 is 1.84 bits per heavy atom. The van der Waals surface area contributed by atoms with E-state index in [0.717, 1.165) is 22.9 Å². The van der Waals surface area contributed by atoms with E-state index in [2.05, 4.69) is 25.8 Å². The van der Waals surface area contributed by atoms with E-state index in [4.69, 9.17) is 0 Å². The maximum absolute atomic E-state index is 4.16. The van der Waals surface area contributed by atoms with Crippen molar-refractivity contribution in [1.82, 2.24) is 25.2 Å². The number of para-hydroxylation sites is 1. The van der Waals surface area contributed by atoms with Gasteiger partial charge in [0.1, 0.15) is 17.2 Å². The average molecular weight is 252 g/mol. The molecule has 0 unspecified atom stereocenters. The van der Waals surface area contributed by atoms with Crippen LogP contribution < -0.4 is 5.32 Å². The summed E-state index contributed by atoms with van der Waals surface area (Å²) in [5.41, 5.74) is 2.48. The van der Waals surface area contributed by atoms with Gasteiger partial charge in [0.2, 0.25) is 0 Å². The van der Waals surface area contributed by atoms with E-state index in [9.17, 15) is 0 Å². The molecule has 19 heavy (non-hydrogen) atoms. The van der Waals surface area contributed by atoms with Crippen molar-refractivity contribution in [2.24, 2.45) is 0 Å². The number of benzene rings is 1. The van der Waals surface area contributed by atoms with Gasteiger partial charge < -0.3 is 5.32 Å². The molecule has 0 fully saturated rings. The summed E-state index contributed by atoms with van der Waals surface area (Å²) in [4.78, 5) is 0. The van der Waals surface area contributed by atoms with Gasteiger partial charge in [0.15, 0.2) is 0 Å². The number of nitrogens with zero attached hydrogens (tertiary/aromatic N) is 5. The minimum absolute atomic E-state index is 0.725. The molecule has 0 atom stereocenters. The van der Waals surface area contributed by atoms with E-state index in [1.807, 2.05) is 42.5 Å². The van der Waals surface area contributed by atoms with E-state index in [1.54, 1.807) is 17.9 Å². The Labute approximate surface area is 110 Å². The highest BCUT2D eigenvalue weighted by Gasteiger charge is 2.10. The number of hydrogen-bond acceptors (Lipinski definition) is 5. The fraction of sp³-hybridized carbons (Fsp3) is 0.0769. The molecule has 0 radical (unpaired) electrons. The molecule has 0 saturated carbocycles. The molecule has 0 bridgehead atoms. The smallest absolute Gasteiger partial charge is 0.148 e. The Morgan fingerprint density at radius 3 is 2.53 bits per heavy atom. The van der Waals surface area contributed by atoms with Crippen LogP contribution in [0.5, 0.6) is 0 Å². The maximum atomic E-state index is 4.16.